The van der Waals surface area contributed by atoms with Gasteiger partial charge in [-0.1, -0.05) is 42.5 Å². The van der Waals surface area contributed by atoms with E-state index < -0.39 is 0 Å². The lowest BCUT2D eigenvalue weighted by molar-refractivity contribution is -0.659. The van der Waals surface area contributed by atoms with Gasteiger partial charge in [-0.3, -0.25) is 9.59 Å². The lowest BCUT2D eigenvalue weighted by atomic mass is 10.0. The molecule has 1 heterocycles. The Morgan fingerprint density at radius 3 is 2.52 bits per heavy atom. The van der Waals surface area contributed by atoms with Crippen molar-refractivity contribution >= 4 is 17.4 Å². The van der Waals surface area contributed by atoms with Gasteiger partial charge in [0.25, 0.3) is 5.91 Å². The molecule has 1 aliphatic heterocycles. The second-order valence-corrected chi connectivity index (χ2v) is 6.67. The number of hydrogen-bond donors (Lipinski definition) is 2. The Morgan fingerprint density at radius 1 is 0.897 bits per heavy atom. The minimum absolute atomic E-state index is 0.120. The van der Waals surface area contributed by atoms with E-state index >= 15 is 0 Å². The SMILES string of the molecule is O=C(C[NH2+]Cc1ccc2c(c1)OCO2)Nc1ccccc1C(=O)c1ccccc1. The van der Waals surface area contributed by atoms with Crippen LogP contribution in [0.15, 0.2) is 72.8 Å². The molecule has 0 saturated carbocycles. The van der Waals surface area contributed by atoms with Crippen LogP contribution in [0.3, 0.4) is 0 Å². The van der Waals surface area contributed by atoms with Crippen molar-refractivity contribution in [2.24, 2.45) is 0 Å². The third-order valence-electron chi connectivity index (χ3n) is 4.63. The largest absolute Gasteiger partial charge is 0.454 e. The summed E-state index contributed by atoms with van der Waals surface area (Å²) in [6, 6.07) is 21.8. The van der Waals surface area contributed by atoms with Crippen LogP contribution in [0.1, 0.15) is 21.5 Å². The van der Waals surface area contributed by atoms with Crippen molar-refractivity contribution in [1.82, 2.24) is 0 Å². The first kappa shape index (κ1) is 18.7. The van der Waals surface area contributed by atoms with E-state index in [0.29, 0.717) is 23.4 Å². The Balaban J connectivity index is 1.36. The number of nitrogens with one attached hydrogen (secondary N) is 1. The van der Waals surface area contributed by atoms with Gasteiger partial charge in [-0.15, -0.1) is 0 Å². The van der Waals surface area contributed by atoms with E-state index in [1.165, 1.54) is 0 Å². The molecule has 3 aromatic carbocycles. The van der Waals surface area contributed by atoms with Crippen LogP contribution in [0.4, 0.5) is 5.69 Å². The molecule has 0 aliphatic carbocycles. The summed E-state index contributed by atoms with van der Waals surface area (Å²) in [6.07, 6.45) is 0. The monoisotopic (exact) mass is 389 g/mol. The predicted molar refractivity (Wildman–Crippen MR) is 108 cm³/mol. The van der Waals surface area contributed by atoms with Gasteiger partial charge in [0.05, 0.1) is 5.69 Å². The number of carbonyl (C=O) groups is 2. The number of rotatable bonds is 7. The Bertz CT molecular complexity index is 1030. The molecule has 0 atom stereocenters. The Labute approximate surface area is 168 Å². The summed E-state index contributed by atoms with van der Waals surface area (Å²) in [7, 11) is 0. The Hall–Kier alpha value is -3.64. The van der Waals surface area contributed by atoms with Crippen LogP contribution in [0.2, 0.25) is 0 Å². The maximum absolute atomic E-state index is 12.8. The number of benzene rings is 3. The zero-order chi connectivity index (χ0) is 20.1. The summed E-state index contributed by atoms with van der Waals surface area (Å²) in [5, 5.41) is 4.75. The fourth-order valence-electron chi connectivity index (χ4n) is 3.17. The highest BCUT2D eigenvalue weighted by molar-refractivity contribution is 6.13. The lowest BCUT2D eigenvalue weighted by Gasteiger charge is -2.10. The average molecular weight is 389 g/mol. The normalized spacial score (nSPS) is 11.9. The highest BCUT2D eigenvalue weighted by atomic mass is 16.7. The predicted octanol–water partition coefficient (Wildman–Crippen LogP) is 2.35. The molecule has 3 N–H and O–H groups in total. The molecule has 6 heteroatoms. The van der Waals surface area contributed by atoms with Crippen molar-refractivity contribution in [3.8, 4) is 11.5 Å². The fraction of sp³-hybridized carbons (Fsp3) is 0.130. The van der Waals surface area contributed by atoms with Gasteiger partial charge < -0.3 is 20.1 Å². The van der Waals surface area contributed by atoms with Crippen LogP contribution in [0.25, 0.3) is 0 Å². The minimum Gasteiger partial charge on any atom is -0.454 e. The molecule has 0 saturated heterocycles. The number of amides is 1. The van der Waals surface area contributed by atoms with Gasteiger partial charge in [0, 0.05) is 16.7 Å². The quantitative estimate of drug-likeness (QED) is 0.608. The zero-order valence-electron chi connectivity index (χ0n) is 15.8. The Morgan fingerprint density at radius 2 is 1.66 bits per heavy atom. The molecular weight excluding hydrogens is 368 g/mol. The summed E-state index contributed by atoms with van der Waals surface area (Å²) in [5.41, 5.74) is 2.62. The van der Waals surface area contributed by atoms with Gasteiger partial charge in [0.15, 0.2) is 23.8 Å². The van der Waals surface area contributed by atoms with E-state index in [0.717, 1.165) is 17.1 Å². The van der Waals surface area contributed by atoms with E-state index in [4.69, 9.17) is 9.47 Å². The zero-order valence-corrected chi connectivity index (χ0v) is 15.8. The topological polar surface area (TPSA) is 81.2 Å². The second kappa shape index (κ2) is 8.58. The van der Waals surface area contributed by atoms with Crippen molar-refractivity contribution in [2.75, 3.05) is 18.7 Å². The number of quaternary nitrogens is 1. The van der Waals surface area contributed by atoms with Crippen molar-refractivity contribution < 1.29 is 24.4 Å². The van der Waals surface area contributed by atoms with Gasteiger partial charge in [-0.05, 0) is 30.3 Å². The number of nitrogens with two attached hydrogens (primary N) is 1. The summed E-state index contributed by atoms with van der Waals surface area (Å²) >= 11 is 0. The van der Waals surface area contributed by atoms with Gasteiger partial charge >= 0.3 is 0 Å². The maximum atomic E-state index is 12.8. The number of carbonyl (C=O) groups excluding carboxylic acids is 2. The van der Waals surface area contributed by atoms with E-state index in [2.05, 4.69) is 5.32 Å². The highest BCUT2D eigenvalue weighted by Crippen LogP contribution is 2.32. The molecule has 0 radical (unpaired) electrons. The van der Waals surface area contributed by atoms with Crippen LogP contribution < -0.4 is 20.1 Å². The third kappa shape index (κ3) is 4.44. The number of fused-ring (bicyclic) bond motifs is 1. The number of ketones is 1. The molecular formula is C23H21N2O4+. The molecule has 29 heavy (non-hydrogen) atoms. The first-order valence-corrected chi connectivity index (χ1v) is 9.39. The van der Waals surface area contributed by atoms with Crippen molar-refractivity contribution in [2.45, 2.75) is 6.54 Å². The van der Waals surface area contributed by atoms with E-state index in [1.54, 1.807) is 36.4 Å². The number of ether oxygens (including phenoxy) is 2. The molecule has 1 amide bonds. The third-order valence-corrected chi connectivity index (χ3v) is 4.63. The van der Waals surface area contributed by atoms with Crippen molar-refractivity contribution in [1.29, 1.82) is 0 Å². The maximum Gasteiger partial charge on any atom is 0.279 e. The standard InChI is InChI=1S/C23H20N2O4/c26-22(14-24-13-16-10-11-20-21(12-16)29-15-28-20)25-19-9-5-4-8-18(19)23(27)17-6-2-1-3-7-17/h1-12,24H,13-15H2,(H,25,26)/p+1. The summed E-state index contributed by atoms with van der Waals surface area (Å²) in [4.78, 5) is 25.2. The van der Waals surface area contributed by atoms with E-state index in [-0.39, 0.29) is 25.0 Å². The summed E-state index contributed by atoms with van der Waals surface area (Å²) in [5.74, 6) is 1.18. The number of para-hydroxylation sites is 1. The first-order chi connectivity index (χ1) is 14.2. The molecule has 146 valence electrons. The molecule has 0 aromatic heterocycles. The molecule has 0 spiro atoms. The molecule has 1 aliphatic rings. The smallest absolute Gasteiger partial charge is 0.279 e. The van der Waals surface area contributed by atoms with E-state index in [9.17, 15) is 9.59 Å². The fourth-order valence-corrected chi connectivity index (χ4v) is 3.17. The molecule has 0 bridgehead atoms. The van der Waals surface area contributed by atoms with E-state index in [1.807, 2.05) is 41.7 Å². The summed E-state index contributed by atoms with van der Waals surface area (Å²) in [6.45, 7) is 1.11. The summed E-state index contributed by atoms with van der Waals surface area (Å²) < 4.78 is 10.7. The van der Waals surface area contributed by atoms with Crippen molar-refractivity contribution in [3.63, 3.8) is 0 Å². The molecule has 0 fully saturated rings. The van der Waals surface area contributed by atoms with Gasteiger partial charge in [0.2, 0.25) is 6.79 Å². The molecule has 6 nitrogen and oxygen atoms in total. The van der Waals surface area contributed by atoms with Crippen LogP contribution in [-0.2, 0) is 11.3 Å². The number of hydrogen-bond acceptors (Lipinski definition) is 4. The van der Waals surface area contributed by atoms with Crippen LogP contribution >= 0.6 is 0 Å². The number of anilines is 1. The molecule has 4 rings (SSSR count). The Kier molecular flexibility index (Phi) is 5.54. The molecule has 3 aromatic rings. The van der Waals surface area contributed by atoms with Crippen LogP contribution in [0.5, 0.6) is 11.5 Å². The van der Waals surface area contributed by atoms with Gasteiger partial charge in [-0.2, -0.15) is 0 Å². The van der Waals surface area contributed by atoms with Crippen LogP contribution in [0, 0.1) is 0 Å². The van der Waals surface area contributed by atoms with Gasteiger partial charge in [-0.25, -0.2) is 0 Å². The van der Waals surface area contributed by atoms with Gasteiger partial charge in [0.1, 0.15) is 6.54 Å². The molecule has 0 unspecified atom stereocenters. The first-order valence-electron chi connectivity index (χ1n) is 9.39. The highest BCUT2D eigenvalue weighted by Gasteiger charge is 2.16. The lowest BCUT2D eigenvalue weighted by Crippen LogP contribution is -2.84. The second-order valence-electron chi connectivity index (χ2n) is 6.67. The average Bonchev–Trinajstić information content (AvgIpc) is 3.22. The van der Waals surface area contributed by atoms with Crippen LogP contribution in [-0.4, -0.2) is 25.0 Å². The minimum atomic E-state index is -0.168. The van der Waals surface area contributed by atoms with Crippen molar-refractivity contribution in [3.05, 3.63) is 89.5 Å².